The van der Waals surface area contributed by atoms with Crippen molar-refractivity contribution in [3.05, 3.63) is 63.5 Å². The van der Waals surface area contributed by atoms with Crippen molar-refractivity contribution in [2.24, 2.45) is 12.0 Å². The fourth-order valence-electron chi connectivity index (χ4n) is 2.73. The minimum Gasteiger partial charge on any atom is -0.331 e. The van der Waals surface area contributed by atoms with Crippen LogP contribution in [0.3, 0.4) is 0 Å². The molecule has 1 saturated heterocycles. The van der Waals surface area contributed by atoms with Crippen LogP contribution in [0.25, 0.3) is 17.1 Å². The molecule has 0 radical (unpaired) electrons. The molecular weight excluding hydrogens is 387 g/mol. The number of fused-ring (bicyclic) bond motifs is 1. The lowest BCUT2D eigenvalue weighted by molar-refractivity contribution is -0.115. The smallest absolute Gasteiger partial charge is 0.264 e. The van der Waals surface area contributed by atoms with Gasteiger partial charge >= 0.3 is 0 Å². The third-order valence-corrected chi connectivity index (χ3v) is 5.42. The summed E-state index contributed by atoms with van der Waals surface area (Å²) >= 11 is 7.20. The number of nitrogens with one attached hydrogen (secondary N) is 1. The fraction of sp³-hybridized carbons (Fsp3) is 0.105. The highest BCUT2D eigenvalue weighted by Gasteiger charge is 2.24. The van der Waals surface area contributed by atoms with Gasteiger partial charge in [-0.3, -0.25) is 4.79 Å². The number of aromatic nitrogens is 2. The molecular formula is C19H14ClFN4OS. The van der Waals surface area contributed by atoms with Crippen LogP contribution in [0.2, 0.25) is 5.02 Å². The van der Waals surface area contributed by atoms with E-state index in [4.69, 9.17) is 11.6 Å². The molecule has 0 aliphatic carbocycles. The predicted octanol–water partition coefficient (Wildman–Crippen LogP) is 4.57. The number of hydrogen-bond acceptors (Lipinski definition) is 4. The quantitative estimate of drug-likeness (QED) is 0.641. The number of aliphatic imine (C=N–C) groups is 1. The van der Waals surface area contributed by atoms with Crippen molar-refractivity contribution in [1.29, 1.82) is 0 Å². The number of carbonyl (C=O) groups is 1. The summed E-state index contributed by atoms with van der Waals surface area (Å²) in [5.41, 5.74) is 3.20. The van der Waals surface area contributed by atoms with Crippen LogP contribution in [0.15, 0.2) is 46.3 Å². The van der Waals surface area contributed by atoms with Crippen LogP contribution in [0.1, 0.15) is 11.4 Å². The first-order valence-corrected chi connectivity index (χ1v) is 9.28. The maximum Gasteiger partial charge on any atom is 0.264 e. The lowest BCUT2D eigenvalue weighted by Crippen LogP contribution is -2.19. The highest BCUT2D eigenvalue weighted by Crippen LogP contribution is 2.31. The number of nitrogens with zero attached hydrogens (tertiary/aromatic N) is 3. The van der Waals surface area contributed by atoms with Gasteiger partial charge in [-0.25, -0.2) is 14.4 Å². The Kier molecular flexibility index (Phi) is 4.49. The Morgan fingerprint density at radius 2 is 2.11 bits per heavy atom. The zero-order valence-electron chi connectivity index (χ0n) is 14.5. The van der Waals surface area contributed by atoms with Gasteiger partial charge < -0.3 is 9.88 Å². The summed E-state index contributed by atoms with van der Waals surface area (Å²) in [7, 11) is 1.95. The van der Waals surface area contributed by atoms with Gasteiger partial charge in [-0.2, -0.15) is 0 Å². The average Bonchev–Trinajstić information content (AvgIpc) is 3.10. The molecule has 8 heteroatoms. The van der Waals surface area contributed by atoms with Crippen molar-refractivity contribution >= 4 is 57.2 Å². The molecule has 2 heterocycles. The summed E-state index contributed by atoms with van der Waals surface area (Å²) < 4.78 is 15.1. The average molecular weight is 401 g/mol. The Morgan fingerprint density at radius 3 is 2.89 bits per heavy atom. The molecule has 0 spiro atoms. The maximum absolute atomic E-state index is 13.1. The standard InChI is InChI=1S/C19H14ClFN4OS/c1-10-22-15-5-3-11(7-16(15)25(10)2)8-17-18(26)24-19(27-17)23-14-6-4-12(21)9-13(14)20/h3-9H,1-2H3,(H,23,24,26)/b17-8-. The van der Waals surface area contributed by atoms with Crippen LogP contribution in [-0.4, -0.2) is 20.6 Å². The highest BCUT2D eigenvalue weighted by atomic mass is 35.5. The van der Waals surface area contributed by atoms with Crippen LogP contribution >= 0.6 is 23.4 Å². The second-order valence-corrected chi connectivity index (χ2v) is 7.48. The molecule has 5 nitrogen and oxygen atoms in total. The molecule has 0 unspecified atom stereocenters. The third kappa shape index (κ3) is 3.48. The van der Waals surface area contributed by atoms with Gasteiger partial charge in [0.1, 0.15) is 11.6 Å². The molecule has 27 heavy (non-hydrogen) atoms. The Bertz CT molecular complexity index is 1150. The largest absolute Gasteiger partial charge is 0.331 e. The van der Waals surface area contributed by atoms with Crippen LogP contribution in [0.4, 0.5) is 10.1 Å². The lowest BCUT2D eigenvalue weighted by Gasteiger charge is -1.99. The SMILES string of the molecule is Cc1nc2ccc(/C=C3\SC(=Nc4ccc(F)cc4Cl)NC3=O)cc2n1C. The van der Waals surface area contributed by atoms with E-state index < -0.39 is 5.82 Å². The zero-order chi connectivity index (χ0) is 19.1. The summed E-state index contributed by atoms with van der Waals surface area (Å²) in [4.78, 5) is 21.6. The third-order valence-electron chi connectivity index (χ3n) is 4.21. The van der Waals surface area contributed by atoms with Gasteiger partial charge in [0.15, 0.2) is 5.17 Å². The van der Waals surface area contributed by atoms with Crippen molar-refractivity contribution in [2.75, 3.05) is 0 Å². The molecule has 1 aliphatic heterocycles. The number of imidazole rings is 1. The first kappa shape index (κ1) is 17.8. The van der Waals surface area contributed by atoms with Crippen molar-refractivity contribution in [2.45, 2.75) is 6.92 Å². The number of rotatable bonds is 2. The molecule has 1 N–H and O–H groups in total. The molecule has 0 saturated carbocycles. The van der Waals surface area contributed by atoms with Crippen LogP contribution in [0, 0.1) is 12.7 Å². The van der Waals surface area contributed by atoms with Crippen LogP contribution in [-0.2, 0) is 11.8 Å². The Hall–Kier alpha value is -2.64. The van der Waals surface area contributed by atoms with E-state index in [-0.39, 0.29) is 10.9 Å². The van der Waals surface area contributed by atoms with Gasteiger partial charge in [0.2, 0.25) is 0 Å². The number of thioether (sulfide) groups is 1. The fourth-order valence-corrected chi connectivity index (χ4v) is 3.77. The molecule has 3 aromatic rings. The lowest BCUT2D eigenvalue weighted by atomic mass is 10.2. The predicted molar refractivity (Wildman–Crippen MR) is 108 cm³/mol. The number of amides is 1. The van der Waals surface area contributed by atoms with Gasteiger partial charge in [0.25, 0.3) is 5.91 Å². The highest BCUT2D eigenvalue weighted by molar-refractivity contribution is 8.18. The second-order valence-electron chi connectivity index (χ2n) is 6.04. The van der Waals surface area contributed by atoms with Crippen molar-refractivity contribution in [1.82, 2.24) is 14.9 Å². The van der Waals surface area contributed by atoms with Crippen LogP contribution < -0.4 is 5.32 Å². The Morgan fingerprint density at radius 1 is 1.30 bits per heavy atom. The summed E-state index contributed by atoms with van der Waals surface area (Å²) in [6, 6.07) is 9.76. The molecule has 2 aromatic carbocycles. The molecule has 1 aromatic heterocycles. The minimum atomic E-state index is -0.437. The van der Waals surface area contributed by atoms with Gasteiger partial charge in [-0.15, -0.1) is 0 Å². The maximum atomic E-state index is 13.1. The van der Waals surface area contributed by atoms with E-state index in [1.54, 1.807) is 6.08 Å². The Balaban J connectivity index is 1.64. The van der Waals surface area contributed by atoms with Gasteiger partial charge in [0, 0.05) is 7.05 Å². The number of benzene rings is 2. The van der Waals surface area contributed by atoms with E-state index in [0.29, 0.717) is 15.8 Å². The summed E-state index contributed by atoms with van der Waals surface area (Å²) in [5.74, 6) is 0.250. The van der Waals surface area contributed by atoms with E-state index in [2.05, 4.69) is 15.3 Å². The van der Waals surface area contributed by atoms with Crippen molar-refractivity contribution < 1.29 is 9.18 Å². The first-order valence-electron chi connectivity index (χ1n) is 8.08. The molecule has 1 aliphatic rings. The Labute approximate surface area is 164 Å². The van der Waals surface area contributed by atoms with Gasteiger partial charge in [-0.05, 0) is 60.7 Å². The van der Waals surface area contributed by atoms with E-state index >= 15 is 0 Å². The number of carbonyl (C=O) groups excluding carboxylic acids is 1. The number of aryl methyl sites for hydroxylation is 2. The molecule has 1 fully saturated rings. The van der Waals surface area contributed by atoms with E-state index in [9.17, 15) is 9.18 Å². The molecule has 4 rings (SSSR count). The number of halogens is 2. The zero-order valence-corrected chi connectivity index (χ0v) is 16.0. The summed E-state index contributed by atoms with van der Waals surface area (Å²) in [5, 5.41) is 3.29. The van der Waals surface area contributed by atoms with E-state index in [0.717, 1.165) is 22.4 Å². The molecule has 136 valence electrons. The first-order chi connectivity index (χ1) is 12.9. The summed E-state index contributed by atoms with van der Waals surface area (Å²) in [6.07, 6.45) is 1.80. The van der Waals surface area contributed by atoms with E-state index in [1.165, 1.54) is 30.0 Å². The van der Waals surface area contributed by atoms with E-state index in [1.807, 2.05) is 36.7 Å². The summed E-state index contributed by atoms with van der Waals surface area (Å²) in [6.45, 7) is 1.95. The van der Waals surface area contributed by atoms with Gasteiger partial charge in [0.05, 0.1) is 26.6 Å². The second kappa shape index (κ2) is 6.83. The molecule has 1 amide bonds. The normalized spacial score (nSPS) is 17.3. The minimum absolute atomic E-state index is 0.187. The van der Waals surface area contributed by atoms with Crippen molar-refractivity contribution in [3.63, 3.8) is 0 Å². The van der Waals surface area contributed by atoms with Gasteiger partial charge in [-0.1, -0.05) is 17.7 Å². The topological polar surface area (TPSA) is 59.3 Å². The molecule has 0 bridgehead atoms. The van der Waals surface area contributed by atoms with Crippen molar-refractivity contribution in [3.8, 4) is 0 Å². The number of amidine groups is 1. The number of hydrogen-bond donors (Lipinski definition) is 1. The monoisotopic (exact) mass is 400 g/mol. The van der Waals surface area contributed by atoms with Crippen LogP contribution in [0.5, 0.6) is 0 Å². The molecule has 0 atom stereocenters.